The van der Waals surface area contributed by atoms with Gasteiger partial charge in [-0.15, -0.1) is 0 Å². The number of sulfonamides is 1. The molecule has 45 heavy (non-hydrogen) atoms. The Labute approximate surface area is 275 Å². The molecule has 0 saturated heterocycles. The first kappa shape index (κ1) is 34.0. The first-order valence-corrected chi connectivity index (χ1v) is 16.8. The van der Waals surface area contributed by atoms with Gasteiger partial charge in [0.1, 0.15) is 12.6 Å². The molecule has 0 aliphatic rings. The molecule has 0 bridgehead atoms. The van der Waals surface area contributed by atoms with Crippen LogP contribution < -0.4 is 9.62 Å². The van der Waals surface area contributed by atoms with Crippen molar-refractivity contribution in [2.75, 3.05) is 10.8 Å². The van der Waals surface area contributed by atoms with Crippen LogP contribution in [0.4, 0.5) is 5.69 Å². The summed E-state index contributed by atoms with van der Waals surface area (Å²) >= 11 is 13.1. The average molecular weight is 667 g/mol. The second-order valence-corrected chi connectivity index (χ2v) is 13.9. The van der Waals surface area contributed by atoms with Crippen molar-refractivity contribution in [2.24, 2.45) is 0 Å². The summed E-state index contributed by atoms with van der Waals surface area (Å²) in [5.74, 6) is -0.976. The predicted octanol–water partition coefficient (Wildman–Crippen LogP) is 6.97. The van der Waals surface area contributed by atoms with Crippen LogP contribution in [0, 0.1) is 13.8 Å². The van der Waals surface area contributed by atoms with E-state index in [1.807, 2.05) is 58.0 Å². The zero-order valence-corrected chi connectivity index (χ0v) is 28.0. The molecule has 0 fully saturated rings. The van der Waals surface area contributed by atoms with Gasteiger partial charge in [-0.3, -0.25) is 13.9 Å². The summed E-state index contributed by atoms with van der Waals surface area (Å²) in [4.78, 5) is 29.8. The van der Waals surface area contributed by atoms with Crippen molar-refractivity contribution in [2.45, 2.75) is 57.6 Å². The quantitative estimate of drug-likeness (QED) is 0.177. The van der Waals surface area contributed by atoms with E-state index in [1.54, 1.807) is 54.6 Å². The van der Waals surface area contributed by atoms with Crippen LogP contribution >= 0.6 is 23.2 Å². The van der Waals surface area contributed by atoms with Gasteiger partial charge in [-0.05, 0) is 69.7 Å². The molecule has 0 saturated carbocycles. The highest BCUT2D eigenvalue weighted by Crippen LogP contribution is 2.29. The Balaban J connectivity index is 1.83. The number of nitrogens with zero attached hydrogens (tertiary/aromatic N) is 2. The van der Waals surface area contributed by atoms with Crippen molar-refractivity contribution >= 4 is 50.7 Å². The average Bonchev–Trinajstić information content (AvgIpc) is 2.99. The number of hydrogen-bond acceptors (Lipinski definition) is 4. The first-order valence-electron chi connectivity index (χ1n) is 14.6. The van der Waals surface area contributed by atoms with E-state index in [-0.39, 0.29) is 29.8 Å². The fourth-order valence-corrected chi connectivity index (χ4v) is 6.80. The highest BCUT2D eigenvalue weighted by molar-refractivity contribution is 7.92. The van der Waals surface area contributed by atoms with Crippen molar-refractivity contribution in [3.05, 3.63) is 129 Å². The van der Waals surface area contributed by atoms with Gasteiger partial charge in [-0.2, -0.15) is 0 Å². The van der Waals surface area contributed by atoms with Gasteiger partial charge in [-0.25, -0.2) is 8.42 Å². The lowest BCUT2D eigenvalue weighted by molar-refractivity contribution is -0.140. The lowest BCUT2D eigenvalue weighted by atomic mass is 10.0. The summed E-state index contributed by atoms with van der Waals surface area (Å²) in [6, 6.07) is 26.5. The monoisotopic (exact) mass is 665 g/mol. The molecule has 4 rings (SSSR count). The Morgan fingerprint density at radius 2 is 1.33 bits per heavy atom. The van der Waals surface area contributed by atoms with Crippen LogP contribution in [0.15, 0.2) is 102 Å². The molecule has 7 nitrogen and oxygen atoms in total. The molecule has 10 heteroatoms. The summed E-state index contributed by atoms with van der Waals surface area (Å²) in [5, 5.41) is 3.58. The van der Waals surface area contributed by atoms with Crippen LogP contribution in [0.3, 0.4) is 0 Å². The summed E-state index contributed by atoms with van der Waals surface area (Å²) in [5.41, 5.74) is 3.42. The fraction of sp³-hybridized carbons (Fsp3) is 0.257. The van der Waals surface area contributed by atoms with Gasteiger partial charge in [0.15, 0.2) is 0 Å². The van der Waals surface area contributed by atoms with Gasteiger partial charge in [0.25, 0.3) is 10.0 Å². The van der Waals surface area contributed by atoms with E-state index in [4.69, 9.17) is 23.2 Å². The summed E-state index contributed by atoms with van der Waals surface area (Å²) in [6.07, 6.45) is 0.183. The van der Waals surface area contributed by atoms with Crippen molar-refractivity contribution in [3.63, 3.8) is 0 Å². The number of nitrogens with one attached hydrogen (secondary N) is 1. The number of aryl methyl sites for hydroxylation is 2. The highest BCUT2D eigenvalue weighted by atomic mass is 35.5. The minimum atomic E-state index is -4.19. The molecule has 2 amide bonds. The van der Waals surface area contributed by atoms with E-state index in [1.165, 1.54) is 17.0 Å². The number of halogens is 2. The highest BCUT2D eigenvalue weighted by Gasteiger charge is 2.35. The van der Waals surface area contributed by atoms with E-state index in [0.29, 0.717) is 21.3 Å². The standard InChI is InChI=1S/C35H37Cl2N3O4S/c1-24(2)38-35(42)33(21-27-9-6-5-7-10-27)39(22-30-31(36)11-8-12-32(30)37)34(41)23-40(28-17-13-25(3)14-18-28)45(43,44)29-19-15-26(4)16-20-29/h5-20,24,33H,21-23H2,1-4H3,(H,38,42). The van der Waals surface area contributed by atoms with Gasteiger partial charge < -0.3 is 10.2 Å². The Hall–Kier alpha value is -3.85. The van der Waals surface area contributed by atoms with Crippen LogP contribution in [0.25, 0.3) is 0 Å². The minimum Gasteiger partial charge on any atom is -0.352 e. The summed E-state index contributed by atoms with van der Waals surface area (Å²) in [7, 11) is -4.19. The molecular formula is C35H37Cl2N3O4S. The Kier molecular flexibility index (Phi) is 11.3. The maximum atomic E-state index is 14.5. The maximum Gasteiger partial charge on any atom is 0.264 e. The van der Waals surface area contributed by atoms with Gasteiger partial charge >= 0.3 is 0 Å². The van der Waals surface area contributed by atoms with E-state index < -0.39 is 28.5 Å². The van der Waals surface area contributed by atoms with Crippen LogP contribution in [0.1, 0.15) is 36.1 Å². The lowest BCUT2D eigenvalue weighted by Crippen LogP contribution is -2.54. The molecule has 236 valence electrons. The second kappa shape index (κ2) is 15.0. The molecular weight excluding hydrogens is 629 g/mol. The first-order chi connectivity index (χ1) is 21.4. The molecule has 1 N–H and O–H groups in total. The number of carbonyl (C=O) groups excluding carboxylic acids is 2. The predicted molar refractivity (Wildman–Crippen MR) is 181 cm³/mol. The third-order valence-corrected chi connectivity index (χ3v) is 9.80. The number of rotatable bonds is 12. The SMILES string of the molecule is Cc1ccc(N(CC(=O)N(Cc2c(Cl)cccc2Cl)C(Cc2ccccc2)C(=O)NC(C)C)S(=O)(=O)c2ccc(C)cc2)cc1. The zero-order valence-electron chi connectivity index (χ0n) is 25.7. The largest absolute Gasteiger partial charge is 0.352 e. The molecule has 0 aromatic heterocycles. The van der Waals surface area contributed by atoms with Crippen molar-refractivity contribution in [1.82, 2.24) is 10.2 Å². The fourth-order valence-electron chi connectivity index (χ4n) is 4.87. The number of carbonyl (C=O) groups is 2. The molecule has 4 aromatic rings. The van der Waals surface area contributed by atoms with Gasteiger partial charge in [-0.1, -0.05) is 95.0 Å². The van der Waals surface area contributed by atoms with E-state index >= 15 is 0 Å². The van der Waals surface area contributed by atoms with Crippen LogP contribution in [-0.4, -0.2) is 43.8 Å². The number of hydrogen-bond donors (Lipinski definition) is 1. The normalized spacial score (nSPS) is 12.1. The van der Waals surface area contributed by atoms with Crippen LogP contribution in [-0.2, 0) is 32.6 Å². The molecule has 1 unspecified atom stereocenters. The maximum absolute atomic E-state index is 14.5. The molecule has 0 heterocycles. The number of amides is 2. The zero-order chi connectivity index (χ0) is 32.7. The Morgan fingerprint density at radius 1 is 0.778 bits per heavy atom. The summed E-state index contributed by atoms with van der Waals surface area (Å²) in [6.45, 7) is 6.74. The molecule has 0 radical (unpaired) electrons. The smallest absolute Gasteiger partial charge is 0.264 e. The molecule has 1 atom stereocenters. The van der Waals surface area contributed by atoms with E-state index in [0.717, 1.165) is 21.0 Å². The third kappa shape index (κ3) is 8.66. The molecule has 0 spiro atoms. The molecule has 0 aliphatic carbocycles. The Morgan fingerprint density at radius 3 is 1.89 bits per heavy atom. The minimum absolute atomic E-state index is 0.0422. The van der Waals surface area contributed by atoms with Crippen molar-refractivity contribution in [1.29, 1.82) is 0 Å². The van der Waals surface area contributed by atoms with Crippen molar-refractivity contribution in [3.8, 4) is 0 Å². The van der Waals surface area contributed by atoms with E-state index in [9.17, 15) is 18.0 Å². The Bertz CT molecular complexity index is 1710. The molecule has 4 aromatic carbocycles. The van der Waals surface area contributed by atoms with Crippen molar-refractivity contribution < 1.29 is 18.0 Å². The lowest BCUT2D eigenvalue weighted by Gasteiger charge is -2.34. The van der Waals surface area contributed by atoms with Gasteiger partial charge in [0.05, 0.1) is 10.6 Å². The topological polar surface area (TPSA) is 86.8 Å². The number of benzene rings is 4. The second-order valence-electron chi connectivity index (χ2n) is 11.3. The third-order valence-electron chi connectivity index (χ3n) is 7.30. The van der Waals surface area contributed by atoms with Gasteiger partial charge in [0, 0.05) is 34.6 Å². The van der Waals surface area contributed by atoms with Crippen LogP contribution in [0.5, 0.6) is 0 Å². The van der Waals surface area contributed by atoms with E-state index in [2.05, 4.69) is 5.32 Å². The molecule has 0 aliphatic heterocycles. The van der Waals surface area contributed by atoms with Gasteiger partial charge in [0.2, 0.25) is 11.8 Å². The number of anilines is 1. The summed E-state index contributed by atoms with van der Waals surface area (Å²) < 4.78 is 29.3. The van der Waals surface area contributed by atoms with Crippen LogP contribution in [0.2, 0.25) is 10.0 Å².